The van der Waals surface area contributed by atoms with Crippen molar-refractivity contribution >= 4 is 28.6 Å². The highest BCUT2D eigenvalue weighted by molar-refractivity contribution is 5.96. The maximum Gasteiger partial charge on any atom is 0.217 e. The van der Waals surface area contributed by atoms with E-state index in [-0.39, 0.29) is 18.5 Å². The number of likely N-dealkylation sites (N-methyl/N-ethyl adjacent to an activating group) is 1. The summed E-state index contributed by atoms with van der Waals surface area (Å²) in [5, 5.41) is 12.0. The van der Waals surface area contributed by atoms with Gasteiger partial charge in [-0.2, -0.15) is 5.26 Å². The lowest BCUT2D eigenvalue weighted by atomic mass is 9.92. The fourth-order valence-electron chi connectivity index (χ4n) is 5.25. The van der Waals surface area contributed by atoms with E-state index in [2.05, 4.69) is 21.8 Å². The Kier molecular flexibility index (Phi) is 5.42. The highest BCUT2D eigenvalue weighted by Gasteiger charge is 2.26. The zero-order valence-corrected chi connectivity index (χ0v) is 19.6. The van der Waals surface area contributed by atoms with Gasteiger partial charge in [0.05, 0.1) is 17.1 Å². The van der Waals surface area contributed by atoms with E-state index in [4.69, 9.17) is 9.72 Å². The second-order valence-corrected chi connectivity index (χ2v) is 9.25. The van der Waals surface area contributed by atoms with Crippen LogP contribution in [0.4, 0.5) is 14.7 Å². The number of aromatic nitrogens is 2. The van der Waals surface area contributed by atoms with Crippen LogP contribution >= 0.6 is 0 Å². The lowest BCUT2D eigenvalue weighted by molar-refractivity contribution is 0.299. The summed E-state index contributed by atoms with van der Waals surface area (Å²) in [5.41, 5.74) is 5.09. The molecule has 0 saturated carbocycles. The van der Waals surface area contributed by atoms with Crippen molar-refractivity contribution in [3.05, 3.63) is 88.5 Å². The molecule has 1 saturated heterocycles. The second kappa shape index (κ2) is 8.77. The van der Waals surface area contributed by atoms with Crippen LogP contribution in [0.3, 0.4) is 0 Å². The molecule has 4 aromatic rings. The zero-order chi connectivity index (χ0) is 24.8. The summed E-state index contributed by atoms with van der Waals surface area (Å²) < 4.78 is 36.6. The van der Waals surface area contributed by atoms with Gasteiger partial charge in [0.2, 0.25) is 5.95 Å². The average molecular weight is 484 g/mol. The molecule has 1 fully saturated rings. The highest BCUT2D eigenvalue weighted by Crippen LogP contribution is 2.39. The van der Waals surface area contributed by atoms with Crippen LogP contribution in [0.25, 0.3) is 22.7 Å². The molecule has 6 rings (SSSR count). The quantitative estimate of drug-likeness (QED) is 0.305. The van der Waals surface area contributed by atoms with E-state index in [9.17, 15) is 14.0 Å². The molecule has 1 aromatic heterocycles. The van der Waals surface area contributed by atoms with Crippen molar-refractivity contribution in [2.75, 3.05) is 25.5 Å². The standard InChI is InChI=1S/C28H23F2N5O/c1-34-10-9-19(14-34)35-26-8-5-17(12-25(26)33-28(35)32-16-31)11-22-20-3-2-4-24(30)23(20)15-36-27-13-18(29)6-7-21(22)27/h2-8,11-13,19H,9-10,14-15H2,1H3,(H,32,33)/b22-11+. The third-order valence-corrected chi connectivity index (χ3v) is 6.94. The number of hydrogen-bond donors (Lipinski definition) is 1. The van der Waals surface area contributed by atoms with Gasteiger partial charge < -0.3 is 14.2 Å². The average Bonchev–Trinajstić information content (AvgIpc) is 3.40. The Bertz CT molecular complexity index is 1570. The van der Waals surface area contributed by atoms with Crippen LogP contribution in [0, 0.1) is 23.1 Å². The van der Waals surface area contributed by atoms with E-state index in [1.807, 2.05) is 36.5 Å². The summed E-state index contributed by atoms with van der Waals surface area (Å²) in [6, 6.07) is 15.4. The van der Waals surface area contributed by atoms with Gasteiger partial charge in [0.25, 0.3) is 0 Å². The first kappa shape index (κ1) is 22.3. The molecule has 180 valence electrons. The first-order valence-corrected chi connectivity index (χ1v) is 11.8. The van der Waals surface area contributed by atoms with E-state index in [0.29, 0.717) is 28.4 Å². The highest BCUT2D eigenvalue weighted by atomic mass is 19.1. The molecule has 0 amide bonds. The maximum absolute atomic E-state index is 14.7. The normalized spacial score (nSPS) is 18.4. The molecule has 1 unspecified atom stereocenters. The number of nitrogens with zero attached hydrogens (tertiary/aromatic N) is 4. The van der Waals surface area contributed by atoms with Gasteiger partial charge in [0.15, 0.2) is 6.19 Å². The lowest BCUT2D eigenvalue weighted by Gasteiger charge is -2.16. The van der Waals surface area contributed by atoms with Gasteiger partial charge in [-0.15, -0.1) is 0 Å². The van der Waals surface area contributed by atoms with Crippen molar-refractivity contribution in [2.45, 2.75) is 19.1 Å². The number of nitrogens with one attached hydrogen (secondary N) is 1. The fraction of sp³-hybridized carbons (Fsp3) is 0.214. The number of anilines is 1. The number of rotatable bonds is 3. The fourth-order valence-corrected chi connectivity index (χ4v) is 5.25. The predicted octanol–water partition coefficient (Wildman–Crippen LogP) is 5.57. The van der Waals surface area contributed by atoms with Gasteiger partial charge in [0.1, 0.15) is 24.0 Å². The van der Waals surface area contributed by atoms with Gasteiger partial charge in [-0.1, -0.05) is 18.2 Å². The summed E-state index contributed by atoms with van der Waals surface area (Å²) >= 11 is 0. The Morgan fingerprint density at radius 2 is 2.03 bits per heavy atom. The van der Waals surface area contributed by atoms with E-state index in [0.717, 1.165) is 41.7 Å². The van der Waals surface area contributed by atoms with Gasteiger partial charge in [-0.05, 0) is 73.1 Å². The minimum Gasteiger partial charge on any atom is -0.488 e. The molecular formula is C28H23F2N5O. The molecular weight excluding hydrogens is 460 g/mol. The van der Waals surface area contributed by atoms with Gasteiger partial charge in [-0.25, -0.2) is 13.8 Å². The van der Waals surface area contributed by atoms with E-state index < -0.39 is 5.82 Å². The molecule has 3 aromatic carbocycles. The number of nitriles is 1. The number of imidazole rings is 1. The van der Waals surface area contributed by atoms with E-state index in [1.54, 1.807) is 12.1 Å². The zero-order valence-electron chi connectivity index (χ0n) is 19.6. The van der Waals surface area contributed by atoms with Crippen LogP contribution in [0.1, 0.15) is 34.7 Å². The molecule has 1 N–H and O–H groups in total. The maximum atomic E-state index is 14.7. The molecule has 2 aliphatic rings. The molecule has 36 heavy (non-hydrogen) atoms. The number of likely N-dealkylation sites (tertiary alicyclic amines) is 1. The molecule has 0 aliphatic carbocycles. The molecule has 0 radical (unpaired) electrons. The first-order chi connectivity index (χ1) is 17.5. The summed E-state index contributed by atoms with van der Waals surface area (Å²) in [6.07, 6.45) is 4.92. The van der Waals surface area contributed by atoms with Crippen LogP contribution < -0.4 is 10.1 Å². The molecule has 3 heterocycles. The van der Waals surface area contributed by atoms with Crippen LogP contribution in [0.2, 0.25) is 0 Å². The Balaban J connectivity index is 1.51. The number of ether oxygens (including phenoxy) is 1. The largest absolute Gasteiger partial charge is 0.488 e. The topological polar surface area (TPSA) is 66.1 Å². The monoisotopic (exact) mass is 483 g/mol. The number of fused-ring (bicyclic) bond motifs is 3. The third-order valence-electron chi connectivity index (χ3n) is 6.94. The Hall–Kier alpha value is -4.22. The molecule has 8 heteroatoms. The number of hydrogen-bond acceptors (Lipinski definition) is 5. The first-order valence-electron chi connectivity index (χ1n) is 11.8. The third kappa shape index (κ3) is 3.78. The van der Waals surface area contributed by atoms with E-state index >= 15 is 0 Å². The number of benzene rings is 3. The summed E-state index contributed by atoms with van der Waals surface area (Å²) in [6.45, 7) is 1.88. The van der Waals surface area contributed by atoms with Crippen molar-refractivity contribution in [1.29, 1.82) is 5.26 Å². The molecule has 0 spiro atoms. The predicted molar refractivity (Wildman–Crippen MR) is 134 cm³/mol. The van der Waals surface area contributed by atoms with Crippen LogP contribution in [-0.2, 0) is 6.61 Å². The van der Waals surface area contributed by atoms with Crippen LogP contribution in [-0.4, -0.2) is 34.6 Å². The second-order valence-electron chi connectivity index (χ2n) is 9.25. The Morgan fingerprint density at radius 3 is 2.83 bits per heavy atom. The van der Waals surface area contributed by atoms with Crippen molar-refractivity contribution in [3.8, 4) is 11.9 Å². The minimum atomic E-state index is -0.415. The summed E-state index contributed by atoms with van der Waals surface area (Å²) in [5.74, 6) is 0.109. The Labute approximate surface area is 207 Å². The van der Waals surface area contributed by atoms with E-state index in [1.165, 1.54) is 18.2 Å². The van der Waals surface area contributed by atoms with Crippen molar-refractivity contribution < 1.29 is 13.5 Å². The van der Waals surface area contributed by atoms with Gasteiger partial charge >= 0.3 is 0 Å². The van der Waals surface area contributed by atoms with Crippen LogP contribution in [0.15, 0.2) is 54.6 Å². The van der Waals surface area contributed by atoms with Crippen molar-refractivity contribution in [3.63, 3.8) is 0 Å². The summed E-state index contributed by atoms with van der Waals surface area (Å²) in [4.78, 5) is 6.97. The lowest BCUT2D eigenvalue weighted by Crippen LogP contribution is -2.17. The summed E-state index contributed by atoms with van der Waals surface area (Å²) in [7, 11) is 2.08. The molecule has 6 nitrogen and oxygen atoms in total. The van der Waals surface area contributed by atoms with Crippen LogP contribution in [0.5, 0.6) is 5.75 Å². The van der Waals surface area contributed by atoms with Crippen molar-refractivity contribution in [2.24, 2.45) is 0 Å². The smallest absolute Gasteiger partial charge is 0.217 e. The molecule has 0 bridgehead atoms. The molecule has 1 atom stereocenters. The Morgan fingerprint density at radius 1 is 1.14 bits per heavy atom. The minimum absolute atomic E-state index is 0.0122. The van der Waals surface area contributed by atoms with Crippen molar-refractivity contribution in [1.82, 2.24) is 14.5 Å². The molecule has 2 aliphatic heterocycles. The van der Waals surface area contributed by atoms with Gasteiger partial charge in [0, 0.05) is 23.7 Å². The number of halogens is 2. The SMILES string of the molecule is CN1CCC(n2c(NC#N)nc3cc(/C=C4/c5ccc(F)cc5OCc5c(F)cccc54)ccc32)C1. The van der Waals surface area contributed by atoms with Gasteiger partial charge in [-0.3, -0.25) is 5.32 Å².